The standard InChI is InChI=1S/C7H7N3O2/c1-2-12-7(11)5(3-8)6(10)4-9/h5,10H,2H2,1H3. The molecule has 0 saturated heterocycles. The van der Waals surface area contributed by atoms with Crippen LogP contribution in [-0.2, 0) is 9.53 Å². The molecule has 0 aliphatic heterocycles. The topological polar surface area (TPSA) is 97.7 Å². The summed E-state index contributed by atoms with van der Waals surface area (Å²) in [5, 5.41) is 23.5. The second kappa shape index (κ2) is 4.86. The molecule has 0 saturated carbocycles. The maximum Gasteiger partial charge on any atom is 0.330 e. The van der Waals surface area contributed by atoms with Gasteiger partial charge in [-0.3, -0.25) is 10.2 Å². The molecule has 5 nitrogen and oxygen atoms in total. The van der Waals surface area contributed by atoms with Crippen LogP contribution >= 0.6 is 0 Å². The zero-order chi connectivity index (χ0) is 9.56. The number of hydrogen-bond donors (Lipinski definition) is 1. The molecule has 0 amide bonds. The van der Waals surface area contributed by atoms with Gasteiger partial charge in [-0.25, -0.2) is 0 Å². The summed E-state index contributed by atoms with van der Waals surface area (Å²) >= 11 is 0. The normalized spacial score (nSPS) is 10.6. The molecule has 1 atom stereocenters. The first-order chi connectivity index (χ1) is 5.67. The fourth-order valence-electron chi connectivity index (χ4n) is 0.525. The van der Waals surface area contributed by atoms with Gasteiger partial charge in [0.2, 0.25) is 0 Å². The van der Waals surface area contributed by atoms with Crippen molar-refractivity contribution in [1.29, 1.82) is 15.9 Å². The number of carbonyl (C=O) groups is 1. The van der Waals surface area contributed by atoms with Crippen LogP contribution in [0.3, 0.4) is 0 Å². The zero-order valence-corrected chi connectivity index (χ0v) is 6.50. The zero-order valence-electron chi connectivity index (χ0n) is 6.50. The highest BCUT2D eigenvalue weighted by atomic mass is 16.5. The van der Waals surface area contributed by atoms with E-state index in [1.807, 2.05) is 0 Å². The van der Waals surface area contributed by atoms with Gasteiger partial charge in [-0.2, -0.15) is 10.5 Å². The minimum atomic E-state index is -1.38. The summed E-state index contributed by atoms with van der Waals surface area (Å²) in [7, 11) is 0. The molecule has 0 aromatic heterocycles. The Morgan fingerprint density at radius 3 is 2.58 bits per heavy atom. The summed E-state index contributed by atoms with van der Waals surface area (Å²) in [5.74, 6) is -2.22. The van der Waals surface area contributed by atoms with Gasteiger partial charge in [0.05, 0.1) is 12.7 Å². The van der Waals surface area contributed by atoms with Crippen molar-refractivity contribution in [2.45, 2.75) is 6.92 Å². The Kier molecular flexibility index (Phi) is 4.10. The SMILES string of the molecule is CCOC(=O)C(C#N)C(=N)C#N. The van der Waals surface area contributed by atoms with Gasteiger partial charge in [-0.15, -0.1) is 0 Å². The summed E-state index contributed by atoms with van der Waals surface area (Å²) < 4.78 is 4.46. The van der Waals surface area contributed by atoms with E-state index in [2.05, 4.69) is 4.74 Å². The lowest BCUT2D eigenvalue weighted by molar-refractivity contribution is -0.143. The highest BCUT2D eigenvalue weighted by molar-refractivity contribution is 6.11. The van der Waals surface area contributed by atoms with Gasteiger partial charge in [0.1, 0.15) is 11.8 Å². The van der Waals surface area contributed by atoms with E-state index in [9.17, 15) is 4.79 Å². The third kappa shape index (κ3) is 2.39. The molecule has 62 valence electrons. The van der Waals surface area contributed by atoms with Crippen molar-refractivity contribution in [3.8, 4) is 12.1 Å². The van der Waals surface area contributed by atoms with E-state index in [-0.39, 0.29) is 6.61 Å². The molecule has 0 aromatic carbocycles. The number of rotatable bonds is 3. The van der Waals surface area contributed by atoms with Crippen molar-refractivity contribution >= 4 is 11.7 Å². The first kappa shape index (κ1) is 10.1. The molecule has 0 aliphatic rings. The van der Waals surface area contributed by atoms with Gasteiger partial charge < -0.3 is 4.74 Å². The lowest BCUT2D eigenvalue weighted by Gasteiger charge is -2.03. The number of esters is 1. The molecule has 0 bridgehead atoms. The summed E-state index contributed by atoms with van der Waals surface area (Å²) in [5.41, 5.74) is -0.587. The largest absolute Gasteiger partial charge is 0.465 e. The van der Waals surface area contributed by atoms with Crippen LogP contribution in [0.25, 0.3) is 0 Å². The first-order valence-corrected chi connectivity index (χ1v) is 3.22. The van der Waals surface area contributed by atoms with Crippen LogP contribution in [0.1, 0.15) is 6.92 Å². The van der Waals surface area contributed by atoms with Crippen LogP contribution in [0.2, 0.25) is 0 Å². The summed E-state index contributed by atoms with van der Waals surface area (Å²) in [6.45, 7) is 1.72. The molecule has 0 radical (unpaired) electrons. The van der Waals surface area contributed by atoms with E-state index >= 15 is 0 Å². The van der Waals surface area contributed by atoms with Crippen LogP contribution in [0.5, 0.6) is 0 Å². The third-order valence-electron chi connectivity index (χ3n) is 1.06. The fraction of sp³-hybridized carbons (Fsp3) is 0.429. The number of nitrogens with zero attached hydrogens (tertiary/aromatic N) is 2. The maximum atomic E-state index is 10.8. The van der Waals surface area contributed by atoms with Crippen molar-refractivity contribution in [1.82, 2.24) is 0 Å². The van der Waals surface area contributed by atoms with Crippen LogP contribution < -0.4 is 0 Å². The molecular formula is C7H7N3O2. The van der Waals surface area contributed by atoms with Crippen molar-refractivity contribution in [3.63, 3.8) is 0 Å². The molecule has 0 aliphatic carbocycles. The second-order valence-corrected chi connectivity index (χ2v) is 1.84. The minimum Gasteiger partial charge on any atom is -0.465 e. The molecular weight excluding hydrogens is 158 g/mol. The van der Waals surface area contributed by atoms with Crippen LogP contribution in [0.4, 0.5) is 0 Å². The Balaban J connectivity index is 4.40. The van der Waals surface area contributed by atoms with Crippen molar-refractivity contribution < 1.29 is 9.53 Å². The van der Waals surface area contributed by atoms with Gasteiger partial charge >= 0.3 is 5.97 Å². The Morgan fingerprint density at radius 1 is 1.67 bits per heavy atom. The molecule has 5 heteroatoms. The molecule has 0 spiro atoms. The molecule has 12 heavy (non-hydrogen) atoms. The van der Waals surface area contributed by atoms with Gasteiger partial charge in [0.25, 0.3) is 0 Å². The minimum absolute atomic E-state index is 0.135. The Morgan fingerprint density at radius 2 is 2.25 bits per heavy atom. The van der Waals surface area contributed by atoms with Crippen molar-refractivity contribution in [2.75, 3.05) is 6.61 Å². The molecule has 0 heterocycles. The number of nitriles is 2. The number of nitrogens with one attached hydrogen (secondary N) is 1. The maximum absolute atomic E-state index is 10.8. The van der Waals surface area contributed by atoms with Gasteiger partial charge in [0, 0.05) is 0 Å². The van der Waals surface area contributed by atoms with Crippen LogP contribution in [-0.4, -0.2) is 18.3 Å². The Bertz CT molecular complexity index is 271. The Labute approximate surface area is 69.7 Å². The van der Waals surface area contributed by atoms with Gasteiger partial charge in [-0.05, 0) is 6.92 Å². The van der Waals surface area contributed by atoms with E-state index < -0.39 is 17.6 Å². The highest BCUT2D eigenvalue weighted by Crippen LogP contribution is 1.99. The molecule has 0 aromatic rings. The van der Waals surface area contributed by atoms with E-state index in [4.69, 9.17) is 15.9 Å². The fourth-order valence-corrected chi connectivity index (χ4v) is 0.525. The summed E-state index contributed by atoms with van der Waals surface area (Å²) in [6, 6.07) is 2.93. The number of hydrogen-bond acceptors (Lipinski definition) is 5. The lowest BCUT2D eigenvalue weighted by Crippen LogP contribution is -2.23. The van der Waals surface area contributed by atoms with Crippen molar-refractivity contribution in [2.24, 2.45) is 5.92 Å². The van der Waals surface area contributed by atoms with Crippen LogP contribution in [0, 0.1) is 34.0 Å². The van der Waals surface area contributed by atoms with Gasteiger partial charge in [-0.1, -0.05) is 0 Å². The van der Waals surface area contributed by atoms with E-state index in [1.54, 1.807) is 6.92 Å². The molecule has 0 fully saturated rings. The second-order valence-electron chi connectivity index (χ2n) is 1.84. The summed E-state index contributed by atoms with van der Waals surface area (Å²) in [4.78, 5) is 10.8. The van der Waals surface area contributed by atoms with Crippen LogP contribution in [0.15, 0.2) is 0 Å². The van der Waals surface area contributed by atoms with E-state index in [1.165, 1.54) is 12.1 Å². The average molecular weight is 165 g/mol. The third-order valence-corrected chi connectivity index (χ3v) is 1.06. The number of carbonyl (C=O) groups excluding carboxylic acids is 1. The first-order valence-electron chi connectivity index (χ1n) is 3.22. The van der Waals surface area contributed by atoms with E-state index in [0.717, 1.165) is 0 Å². The Hall–Kier alpha value is -1.88. The molecule has 1 unspecified atom stereocenters. The molecule has 0 rings (SSSR count). The predicted molar refractivity (Wildman–Crippen MR) is 39.1 cm³/mol. The smallest absolute Gasteiger partial charge is 0.330 e. The quantitative estimate of drug-likeness (QED) is 0.478. The summed E-state index contributed by atoms with van der Waals surface area (Å²) in [6.07, 6.45) is 0. The highest BCUT2D eigenvalue weighted by Gasteiger charge is 2.23. The average Bonchev–Trinajstić information content (AvgIpc) is 2.06. The number of ether oxygens (including phenoxy) is 1. The molecule has 1 N–H and O–H groups in total. The predicted octanol–water partition coefficient (Wildman–Crippen LogP) is 0.233. The lowest BCUT2D eigenvalue weighted by atomic mass is 10.1. The van der Waals surface area contributed by atoms with Crippen molar-refractivity contribution in [3.05, 3.63) is 0 Å². The van der Waals surface area contributed by atoms with E-state index in [0.29, 0.717) is 0 Å². The van der Waals surface area contributed by atoms with Gasteiger partial charge in [0.15, 0.2) is 5.92 Å². The monoisotopic (exact) mass is 165 g/mol.